The number of rotatable bonds is 2. The van der Waals surface area contributed by atoms with Gasteiger partial charge in [0.1, 0.15) is 5.82 Å². The van der Waals surface area contributed by atoms with Crippen LogP contribution in [0.1, 0.15) is 26.3 Å². The summed E-state index contributed by atoms with van der Waals surface area (Å²) in [5.41, 5.74) is 2.33. The minimum absolute atomic E-state index is 0.0609. The lowest BCUT2D eigenvalue weighted by Gasteiger charge is -2.23. The van der Waals surface area contributed by atoms with Crippen molar-refractivity contribution in [1.29, 1.82) is 0 Å². The summed E-state index contributed by atoms with van der Waals surface area (Å²) >= 11 is 9.54. The van der Waals surface area contributed by atoms with E-state index < -0.39 is 0 Å². The quantitative estimate of drug-likeness (QED) is 0.777. The van der Waals surface area contributed by atoms with E-state index in [0.717, 1.165) is 10.2 Å². The van der Waals surface area contributed by atoms with Gasteiger partial charge in [0.15, 0.2) is 0 Å². The fourth-order valence-corrected chi connectivity index (χ4v) is 2.56. The van der Waals surface area contributed by atoms with Crippen LogP contribution in [0.2, 0.25) is 5.02 Å². The molecule has 0 aliphatic heterocycles. The van der Waals surface area contributed by atoms with Gasteiger partial charge in [-0.15, -0.1) is 0 Å². The van der Waals surface area contributed by atoms with Crippen molar-refractivity contribution in [3.8, 4) is 0 Å². The Kier molecular flexibility index (Phi) is 4.16. The van der Waals surface area contributed by atoms with Gasteiger partial charge in [-0.05, 0) is 39.0 Å². The summed E-state index contributed by atoms with van der Waals surface area (Å²) in [6, 6.07) is 10.0. The van der Waals surface area contributed by atoms with Crippen molar-refractivity contribution in [2.45, 2.75) is 26.2 Å². The summed E-state index contributed by atoms with van der Waals surface area (Å²) in [6.07, 6.45) is 1.73. The molecule has 0 saturated carbocycles. The highest BCUT2D eigenvalue weighted by Crippen LogP contribution is 2.33. The molecule has 4 heteroatoms. The number of nitrogens with one attached hydrogen (secondary N) is 1. The summed E-state index contributed by atoms with van der Waals surface area (Å²) < 4.78 is 0.868. The van der Waals surface area contributed by atoms with E-state index in [-0.39, 0.29) is 5.41 Å². The monoisotopic (exact) mass is 338 g/mol. The Balaban J connectivity index is 2.39. The number of aromatic nitrogens is 1. The molecule has 0 saturated heterocycles. The smallest absolute Gasteiger partial charge is 0.149 e. The normalized spacial score (nSPS) is 11.4. The molecule has 2 rings (SSSR count). The lowest BCUT2D eigenvalue weighted by atomic mass is 9.86. The summed E-state index contributed by atoms with van der Waals surface area (Å²) in [4.78, 5) is 4.31. The second-order valence-electron chi connectivity index (χ2n) is 5.40. The maximum absolute atomic E-state index is 6.19. The number of para-hydroxylation sites is 1. The van der Waals surface area contributed by atoms with Crippen LogP contribution >= 0.6 is 27.5 Å². The molecule has 100 valence electrons. The van der Waals surface area contributed by atoms with Crippen molar-refractivity contribution in [1.82, 2.24) is 4.98 Å². The van der Waals surface area contributed by atoms with Crippen molar-refractivity contribution in [2.75, 3.05) is 5.32 Å². The second-order valence-corrected chi connectivity index (χ2v) is 6.73. The first-order chi connectivity index (χ1) is 8.88. The number of hydrogen-bond acceptors (Lipinski definition) is 2. The van der Waals surface area contributed by atoms with Crippen molar-refractivity contribution in [3.05, 3.63) is 51.6 Å². The molecule has 2 nitrogen and oxygen atoms in total. The second kappa shape index (κ2) is 5.51. The standard InChI is InChI=1S/C15H16BrClN2/c1-15(2,3)11-6-4-5-7-13(11)19-14-12(17)8-10(16)9-18-14/h4-9H,1-3H3,(H,18,19). The van der Waals surface area contributed by atoms with Gasteiger partial charge in [-0.2, -0.15) is 0 Å². The first kappa shape index (κ1) is 14.4. The van der Waals surface area contributed by atoms with Crippen molar-refractivity contribution in [2.24, 2.45) is 0 Å². The zero-order chi connectivity index (χ0) is 14.0. The summed E-state index contributed by atoms with van der Waals surface area (Å²) in [7, 11) is 0. The third kappa shape index (κ3) is 3.48. The van der Waals surface area contributed by atoms with E-state index >= 15 is 0 Å². The van der Waals surface area contributed by atoms with Gasteiger partial charge >= 0.3 is 0 Å². The van der Waals surface area contributed by atoms with E-state index in [1.807, 2.05) is 24.3 Å². The molecule has 0 spiro atoms. The van der Waals surface area contributed by atoms with Crippen molar-refractivity contribution < 1.29 is 0 Å². The van der Waals surface area contributed by atoms with E-state index in [1.165, 1.54) is 5.56 Å². The molecule has 0 aliphatic carbocycles. The molecule has 0 unspecified atom stereocenters. The van der Waals surface area contributed by atoms with Gasteiger partial charge in [-0.1, -0.05) is 50.6 Å². The Hall–Kier alpha value is -1.06. The molecule has 0 aliphatic rings. The number of anilines is 2. The minimum Gasteiger partial charge on any atom is -0.339 e. The van der Waals surface area contributed by atoms with Crippen LogP contribution in [0.3, 0.4) is 0 Å². The van der Waals surface area contributed by atoms with E-state index in [4.69, 9.17) is 11.6 Å². The SMILES string of the molecule is CC(C)(C)c1ccccc1Nc1ncc(Br)cc1Cl. The van der Waals surface area contributed by atoms with Gasteiger partial charge in [-0.25, -0.2) is 4.98 Å². The Morgan fingerprint density at radius 3 is 2.53 bits per heavy atom. The molecule has 0 amide bonds. The molecule has 1 N–H and O–H groups in total. The number of halogens is 2. The van der Waals surface area contributed by atoms with Crippen molar-refractivity contribution in [3.63, 3.8) is 0 Å². The van der Waals surface area contributed by atoms with Gasteiger partial charge in [0, 0.05) is 16.4 Å². The molecule has 1 aromatic heterocycles. The van der Waals surface area contributed by atoms with E-state index in [2.05, 4.69) is 53.1 Å². The lowest BCUT2D eigenvalue weighted by molar-refractivity contribution is 0.592. The first-order valence-corrected chi connectivity index (χ1v) is 7.22. The fourth-order valence-electron chi connectivity index (χ4n) is 1.88. The number of hydrogen-bond donors (Lipinski definition) is 1. The Morgan fingerprint density at radius 2 is 1.89 bits per heavy atom. The average molecular weight is 340 g/mol. The van der Waals surface area contributed by atoms with Gasteiger partial charge < -0.3 is 5.32 Å². The molecule has 0 bridgehead atoms. The molecular formula is C15H16BrClN2. The minimum atomic E-state index is 0.0609. The maximum atomic E-state index is 6.19. The third-order valence-corrected chi connectivity index (χ3v) is 3.52. The van der Waals surface area contributed by atoms with Crippen LogP contribution in [0.4, 0.5) is 11.5 Å². The molecule has 0 atom stereocenters. The number of pyridine rings is 1. The summed E-state index contributed by atoms with van der Waals surface area (Å²) in [6.45, 7) is 6.55. The van der Waals surface area contributed by atoms with Gasteiger partial charge in [0.25, 0.3) is 0 Å². The lowest BCUT2D eigenvalue weighted by Crippen LogP contribution is -2.13. The Morgan fingerprint density at radius 1 is 1.21 bits per heavy atom. The number of nitrogens with zero attached hydrogens (tertiary/aromatic N) is 1. The van der Waals surface area contributed by atoms with Crippen LogP contribution in [0, 0.1) is 0 Å². The Bertz CT molecular complexity index is 591. The summed E-state index contributed by atoms with van der Waals surface area (Å²) in [5.74, 6) is 0.668. The molecule has 2 aromatic rings. The number of benzene rings is 1. The van der Waals surface area contributed by atoms with E-state index in [9.17, 15) is 0 Å². The molecule has 19 heavy (non-hydrogen) atoms. The zero-order valence-electron chi connectivity index (χ0n) is 11.2. The van der Waals surface area contributed by atoms with Gasteiger partial charge in [0.2, 0.25) is 0 Å². The van der Waals surface area contributed by atoms with E-state index in [0.29, 0.717) is 10.8 Å². The van der Waals surface area contributed by atoms with Gasteiger partial charge in [0.05, 0.1) is 5.02 Å². The van der Waals surface area contributed by atoms with Crippen LogP contribution in [0.15, 0.2) is 41.0 Å². The largest absolute Gasteiger partial charge is 0.339 e. The molecular weight excluding hydrogens is 324 g/mol. The van der Waals surface area contributed by atoms with Crippen LogP contribution in [-0.4, -0.2) is 4.98 Å². The van der Waals surface area contributed by atoms with Crippen molar-refractivity contribution >= 4 is 39.0 Å². The highest BCUT2D eigenvalue weighted by Gasteiger charge is 2.18. The summed E-state index contributed by atoms with van der Waals surface area (Å²) in [5, 5.41) is 3.91. The predicted octanol–water partition coefficient (Wildman–Crippen LogP) is 5.54. The highest BCUT2D eigenvalue weighted by atomic mass is 79.9. The van der Waals surface area contributed by atoms with Crippen LogP contribution in [0.5, 0.6) is 0 Å². The topological polar surface area (TPSA) is 24.9 Å². The maximum Gasteiger partial charge on any atom is 0.149 e. The predicted molar refractivity (Wildman–Crippen MR) is 85.4 cm³/mol. The fraction of sp³-hybridized carbons (Fsp3) is 0.267. The van der Waals surface area contributed by atoms with Crippen LogP contribution in [0.25, 0.3) is 0 Å². The van der Waals surface area contributed by atoms with Crippen LogP contribution < -0.4 is 5.32 Å². The third-order valence-electron chi connectivity index (χ3n) is 2.80. The van der Waals surface area contributed by atoms with Gasteiger partial charge in [-0.3, -0.25) is 0 Å². The average Bonchev–Trinajstić information content (AvgIpc) is 2.32. The first-order valence-electron chi connectivity index (χ1n) is 6.05. The van der Waals surface area contributed by atoms with Crippen LogP contribution in [-0.2, 0) is 5.41 Å². The Labute approximate surface area is 127 Å². The molecule has 1 aromatic carbocycles. The molecule has 0 fully saturated rings. The molecule has 0 radical (unpaired) electrons. The zero-order valence-corrected chi connectivity index (χ0v) is 13.5. The van der Waals surface area contributed by atoms with E-state index in [1.54, 1.807) is 6.20 Å². The highest BCUT2D eigenvalue weighted by molar-refractivity contribution is 9.10. The molecule has 1 heterocycles.